The fourth-order valence-corrected chi connectivity index (χ4v) is 4.42. The molecule has 0 amide bonds. The molecule has 5 rings (SSSR count). The number of hydrazone groups is 1. The topological polar surface area (TPSA) is 43.3 Å². The summed E-state index contributed by atoms with van der Waals surface area (Å²) in [5.74, 6) is 3.04. The highest BCUT2D eigenvalue weighted by atomic mass is 16.5. The third-order valence-electron chi connectivity index (χ3n) is 6.31. The summed E-state index contributed by atoms with van der Waals surface area (Å²) >= 11 is 0. The van der Waals surface area contributed by atoms with Gasteiger partial charge in [-0.15, -0.1) is 0 Å². The number of fused-ring (bicyclic) bond motifs is 3. The second kappa shape index (κ2) is 8.23. The number of hydrogen-bond donors (Lipinski definition) is 0. The van der Waals surface area contributed by atoms with Crippen molar-refractivity contribution in [1.29, 1.82) is 0 Å². The molecule has 3 aromatic carbocycles. The summed E-state index contributed by atoms with van der Waals surface area (Å²) in [5, 5.41) is 7.15. The fraction of sp³-hybridized carbons (Fsp3) is 0.296. The number of methoxy groups -OCH3 is 2. The molecule has 0 spiro atoms. The van der Waals surface area contributed by atoms with Crippen LogP contribution in [0.2, 0.25) is 0 Å². The Balaban J connectivity index is 1.55. The molecule has 5 heteroatoms. The van der Waals surface area contributed by atoms with E-state index >= 15 is 0 Å². The molecule has 0 saturated carbocycles. The average Bonchev–Trinajstić information content (AvgIpc) is 3.29. The Hall–Kier alpha value is -3.47. The highest BCUT2D eigenvalue weighted by molar-refractivity contribution is 6.02. The SMILES string of the molecule is COc1ccc(C2=NN3[C@H](C2)c2cc(OC)ccc2O[C@@H]3c2ccc(C(C)C)cc2)cc1. The van der Waals surface area contributed by atoms with E-state index in [0.717, 1.165) is 46.1 Å². The maximum atomic E-state index is 6.50. The number of nitrogens with zero attached hydrogens (tertiary/aromatic N) is 2. The van der Waals surface area contributed by atoms with Crippen molar-refractivity contribution >= 4 is 5.71 Å². The molecule has 0 bridgehead atoms. The summed E-state index contributed by atoms with van der Waals surface area (Å²) in [6.45, 7) is 4.41. The molecule has 0 aliphatic carbocycles. The number of benzene rings is 3. The van der Waals surface area contributed by atoms with E-state index in [1.807, 2.05) is 24.3 Å². The molecule has 0 radical (unpaired) electrons. The first kappa shape index (κ1) is 20.4. The zero-order valence-corrected chi connectivity index (χ0v) is 18.9. The van der Waals surface area contributed by atoms with Gasteiger partial charge in [0.1, 0.15) is 17.2 Å². The van der Waals surface area contributed by atoms with E-state index in [2.05, 4.69) is 61.3 Å². The van der Waals surface area contributed by atoms with Crippen LogP contribution >= 0.6 is 0 Å². The van der Waals surface area contributed by atoms with E-state index in [4.69, 9.17) is 19.3 Å². The predicted octanol–water partition coefficient (Wildman–Crippen LogP) is 6.07. The Labute approximate surface area is 189 Å². The average molecular weight is 429 g/mol. The molecule has 0 saturated heterocycles. The van der Waals surface area contributed by atoms with Crippen molar-refractivity contribution in [2.75, 3.05) is 14.2 Å². The smallest absolute Gasteiger partial charge is 0.213 e. The molecule has 0 N–H and O–H groups in total. The van der Waals surface area contributed by atoms with Crippen molar-refractivity contribution in [3.05, 3.63) is 89.0 Å². The summed E-state index contributed by atoms with van der Waals surface area (Å²) < 4.78 is 17.3. The number of ether oxygens (including phenoxy) is 3. The van der Waals surface area contributed by atoms with E-state index in [-0.39, 0.29) is 12.3 Å². The van der Waals surface area contributed by atoms with Crippen molar-refractivity contribution in [2.24, 2.45) is 5.10 Å². The van der Waals surface area contributed by atoms with Gasteiger partial charge in [0, 0.05) is 17.5 Å². The Bertz CT molecular complexity index is 1140. The normalized spacial score (nSPS) is 19.2. The third kappa shape index (κ3) is 3.58. The lowest BCUT2D eigenvalue weighted by Gasteiger charge is -2.38. The minimum absolute atomic E-state index is 0.0840. The molecule has 164 valence electrons. The lowest BCUT2D eigenvalue weighted by molar-refractivity contribution is -0.0191. The van der Waals surface area contributed by atoms with E-state index in [1.165, 1.54) is 5.56 Å². The van der Waals surface area contributed by atoms with Gasteiger partial charge in [0.2, 0.25) is 6.23 Å². The molecule has 5 nitrogen and oxygen atoms in total. The van der Waals surface area contributed by atoms with Gasteiger partial charge in [-0.3, -0.25) is 0 Å². The lowest BCUT2D eigenvalue weighted by Crippen LogP contribution is -2.33. The van der Waals surface area contributed by atoms with Gasteiger partial charge in [-0.05, 0) is 59.5 Å². The molecule has 2 heterocycles. The van der Waals surface area contributed by atoms with Crippen LogP contribution in [0, 0.1) is 0 Å². The minimum atomic E-state index is -0.280. The van der Waals surface area contributed by atoms with Crippen molar-refractivity contribution in [1.82, 2.24) is 5.01 Å². The van der Waals surface area contributed by atoms with Gasteiger partial charge in [0.15, 0.2) is 0 Å². The maximum absolute atomic E-state index is 6.50. The van der Waals surface area contributed by atoms with Crippen LogP contribution in [0.25, 0.3) is 0 Å². The molecule has 2 atom stereocenters. The van der Waals surface area contributed by atoms with Gasteiger partial charge >= 0.3 is 0 Å². The van der Waals surface area contributed by atoms with Crippen LogP contribution in [-0.4, -0.2) is 24.9 Å². The summed E-state index contributed by atoms with van der Waals surface area (Å²) in [6, 6.07) is 22.9. The monoisotopic (exact) mass is 428 g/mol. The van der Waals surface area contributed by atoms with Gasteiger partial charge in [-0.1, -0.05) is 38.1 Å². The Morgan fingerprint density at radius 2 is 1.59 bits per heavy atom. The second-order valence-electron chi connectivity index (χ2n) is 8.57. The Morgan fingerprint density at radius 3 is 2.25 bits per heavy atom. The first-order chi connectivity index (χ1) is 15.6. The number of rotatable bonds is 5. The van der Waals surface area contributed by atoms with Gasteiger partial charge in [-0.2, -0.15) is 5.10 Å². The Kier molecular flexibility index (Phi) is 5.25. The lowest BCUT2D eigenvalue weighted by atomic mass is 9.95. The second-order valence-corrected chi connectivity index (χ2v) is 8.57. The maximum Gasteiger partial charge on any atom is 0.213 e. The summed E-state index contributed by atoms with van der Waals surface area (Å²) in [4.78, 5) is 0. The van der Waals surface area contributed by atoms with Crippen LogP contribution in [0.4, 0.5) is 0 Å². The van der Waals surface area contributed by atoms with E-state index in [0.29, 0.717) is 5.92 Å². The molecule has 3 aromatic rings. The largest absolute Gasteiger partial charge is 0.497 e. The van der Waals surface area contributed by atoms with Crippen LogP contribution in [0.1, 0.15) is 60.7 Å². The molecule has 0 fully saturated rings. The highest BCUT2D eigenvalue weighted by Gasteiger charge is 2.41. The molecule has 0 unspecified atom stereocenters. The van der Waals surface area contributed by atoms with Crippen LogP contribution in [0.3, 0.4) is 0 Å². The zero-order chi connectivity index (χ0) is 22.2. The Morgan fingerprint density at radius 1 is 0.906 bits per heavy atom. The van der Waals surface area contributed by atoms with Crippen molar-refractivity contribution in [3.8, 4) is 17.2 Å². The van der Waals surface area contributed by atoms with Crippen molar-refractivity contribution in [2.45, 2.75) is 38.5 Å². The van der Waals surface area contributed by atoms with Crippen molar-refractivity contribution < 1.29 is 14.2 Å². The van der Waals surface area contributed by atoms with Gasteiger partial charge in [0.25, 0.3) is 0 Å². The highest BCUT2D eigenvalue weighted by Crippen LogP contribution is 2.48. The summed E-state index contributed by atoms with van der Waals surface area (Å²) in [7, 11) is 3.37. The quantitative estimate of drug-likeness (QED) is 0.495. The summed E-state index contributed by atoms with van der Waals surface area (Å²) in [6.07, 6.45) is 0.522. The van der Waals surface area contributed by atoms with Crippen molar-refractivity contribution in [3.63, 3.8) is 0 Å². The third-order valence-corrected chi connectivity index (χ3v) is 6.31. The van der Waals surface area contributed by atoms with Crippen LogP contribution in [0.5, 0.6) is 17.2 Å². The molecular formula is C27H28N2O3. The van der Waals surface area contributed by atoms with Gasteiger partial charge < -0.3 is 14.2 Å². The predicted molar refractivity (Wildman–Crippen MR) is 126 cm³/mol. The molecular weight excluding hydrogens is 400 g/mol. The van der Waals surface area contributed by atoms with E-state index in [1.54, 1.807) is 14.2 Å². The van der Waals surface area contributed by atoms with Crippen LogP contribution < -0.4 is 14.2 Å². The summed E-state index contributed by atoms with van der Waals surface area (Å²) in [5.41, 5.74) is 5.65. The first-order valence-electron chi connectivity index (χ1n) is 11.0. The molecule has 32 heavy (non-hydrogen) atoms. The van der Waals surface area contributed by atoms with Gasteiger partial charge in [-0.25, -0.2) is 5.01 Å². The van der Waals surface area contributed by atoms with Gasteiger partial charge in [0.05, 0.1) is 26.0 Å². The van der Waals surface area contributed by atoms with E-state index in [9.17, 15) is 0 Å². The van der Waals surface area contributed by atoms with E-state index < -0.39 is 0 Å². The molecule has 0 aromatic heterocycles. The fourth-order valence-electron chi connectivity index (χ4n) is 4.42. The minimum Gasteiger partial charge on any atom is -0.497 e. The molecule has 2 aliphatic rings. The first-order valence-corrected chi connectivity index (χ1v) is 11.0. The zero-order valence-electron chi connectivity index (χ0n) is 18.9. The van der Waals surface area contributed by atoms with Crippen LogP contribution in [-0.2, 0) is 0 Å². The van der Waals surface area contributed by atoms with Crippen LogP contribution in [0.15, 0.2) is 71.8 Å². The standard InChI is InChI=1S/C27H28N2O3/c1-17(2)18-5-7-20(8-6-18)27-29-25(23-15-22(31-4)13-14-26(23)32-27)16-24(28-29)19-9-11-21(30-3)12-10-19/h5-15,17,25,27H,16H2,1-4H3/t25-,27-/m1/s1. The molecule has 2 aliphatic heterocycles. The number of hydrogen-bond acceptors (Lipinski definition) is 5.